The molecule has 1 aromatic heterocycles. The summed E-state index contributed by atoms with van der Waals surface area (Å²) in [5, 5.41) is 12.9. The number of nitrogens with zero attached hydrogens (tertiary/aromatic N) is 3. The van der Waals surface area contributed by atoms with E-state index in [1.165, 1.54) is 6.33 Å². The number of aromatic nitrogens is 2. The number of nitrogens with one attached hydrogen (secondary N) is 1. The highest BCUT2D eigenvalue weighted by Gasteiger charge is 2.57. The Morgan fingerprint density at radius 3 is 2.66 bits per heavy atom. The monoisotopic (exact) mass is 398 g/mol. The number of aliphatic hydroxyl groups is 1. The van der Waals surface area contributed by atoms with E-state index in [4.69, 9.17) is 4.74 Å². The maximum Gasteiger partial charge on any atom is 0.271 e. The van der Waals surface area contributed by atoms with Crippen LogP contribution in [0, 0.1) is 17.8 Å². The predicted molar refractivity (Wildman–Crippen MR) is 105 cm³/mol. The lowest BCUT2D eigenvalue weighted by molar-refractivity contribution is -0.160. The summed E-state index contributed by atoms with van der Waals surface area (Å²) in [5.74, 6) is 1.34. The molecule has 0 aromatic carbocycles. The normalized spacial score (nSPS) is 40.4. The van der Waals surface area contributed by atoms with Crippen molar-refractivity contribution in [3.05, 3.63) is 23.8 Å². The summed E-state index contributed by atoms with van der Waals surface area (Å²) in [6.45, 7) is 0.721. The lowest BCUT2D eigenvalue weighted by Gasteiger charge is -2.60. The van der Waals surface area contributed by atoms with E-state index in [9.17, 15) is 9.90 Å². The van der Waals surface area contributed by atoms with Crippen molar-refractivity contribution in [3.8, 4) is 0 Å². The van der Waals surface area contributed by atoms with E-state index >= 15 is 0 Å². The highest BCUT2D eigenvalue weighted by atomic mass is 16.5. The van der Waals surface area contributed by atoms with Crippen molar-refractivity contribution in [3.63, 3.8) is 0 Å². The van der Waals surface area contributed by atoms with Gasteiger partial charge in [0.1, 0.15) is 12.4 Å². The summed E-state index contributed by atoms with van der Waals surface area (Å²) in [7, 11) is 0. The van der Waals surface area contributed by atoms with Gasteiger partial charge < -0.3 is 9.84 Å². The molecule has 7 nitrogen and oxygen atoms in total. The molecule has 4 bridgehead atoms. The third-order valence-electron chi connectivity index (χ3n) is 7.82. The first-order valence-corrected chi connectivity index (χ1v) is 11.3. The Balaban J connectivity index is 1.33. The molecule has 2 N–H and O–H groups in total. The third kappa shape index (κ3) is 3.18. The van der Waals surface area contributed by atoms with Crippen LogP contribution < -0.4 is 5.43 Å². The van der Waals surface area contributed by atoms with E-state index in [0.717, 1.165) is 70.1 Å². The maximum atomic E-state index is 13.9. The quantitative estimate of drug-likeness (QED) is 0.741. The molecule has 6 aliphatic rings. The minimum Gasteiger partial charge on any atom is -0.390 e. The molecular weight excluding hydrogens is 368 g/mol. The highest BCUT2D eigenvalue weighted by molar-refractivity contribution is 5.95. The second kappa shape index (κ2) is 6.72. The summed E-state index contributed by atoms with van der Waals surface area (Å²) in [6.07, 6.45) is 12.1. The summed E-state index contributed by atoms with van der Waals surface area (Å²) in [5.41, 5.74) is 4.35. The van der Waals surface area contributed by atoms with Crippen LogP contribution in [0.2, 0.25) is 0 Å². The number of rotatable bonds is 5. The van der Waals surface area contributed by atoms with Crippen molar-refractivity contribution in [1.82, 2.24) is 20.4 Å². The van der Waals surface area contributed by atoms with E-state index in [1.807, 2.05) is 5.01 Å². The van der Waals surface area contributed by atoms with Gasteiger partial charge >= 0.3 is 0 Å². The molecule has 1 amide bonds. The minimum absolute atomic E-state index is 0.0209. The van der Waals surface area contributed by atoms with Crippen LogP contribution in [0.1, 0.15) is 79.9 Å². The number of ether oxygens (including phenoxy) is 1. The zero-order valence-electron chi connectivity index (χ0n) is 16.8. The van der Waals surface area contributed by atoms with Crippen LogP contribution >= 0.6 is 0 Å². The van der Waals surface area contributed by atoms with Crippen LogP contribution in [0.15, 0.2) is 12.5 Å². The molecule has 2 heterocycles. The second-order valence-corrected chi connectivity index (χ2v) is 10.1. The van der Waals surface area contributed by atoms with Crippen LogP contribution in [-0.4, -0.2) is 50.3 Å². The smallest absolute Gasteiger partial charge is 0.271 e. The fourth-order valence-corrected chi connectivity index (χ4v) is 6.75. The largest absolute Gasteiger partial charge is 0.390 e. The maximum absolute atomic E-state index is 13.9. The topological polar surface area (TPSA) is 87.6 Å². The van der Waals surface area contributed by atoms with Gasteiger partial charge in [-0.15, -0.1) is 0 Å². The van der Waals surface area contributed by atoms with E-state index in [1.54, 1.807) is 6.20 Å². The van der Waals surface area contributed by atoms with Gasteiger partial charge in [0.15, 0.2) is 0 Å². The lowest BCUT2D eigenvalue weighted by Crippen LogP contribution is -2.65. The van der Waals surface area contributed by atoms with Gasteiger partial charge in [-0.2, -0.15) is 0 Å². The Kier molecular flexibility index (Phi) is 4.22. The fourth-order valence-electron chi connectivity index (χ4n) is 6.75. The van der Waals surface area contributed by atoms with Crippen LogP contribution in [0.25, 0.3) is 0 Å². The van der Waals surface area contributed by atoms with E-state index in [0.29, 0.717) is 29.4 Å². The van der Waals surface area contributed by atoms with Gasteiger partial charge in [0.25, 0.3) is 5.91 Å². The summed E-state index contributed by atoms with van der Waals surface area (Å²) in [4.78, 5) is 22.5. The van der Waals surface area contributed by atoms with Crippen molar-refractivity contribution < 1.29 is 14.6 Å². The minimum atomic E-state index is -0.500. The molecule has 29 heavy (non-hydrogen) atoms. The zero-order valence-corrected chi connectivity index (χ0v) is 16.8. The molecule has 7 heteroatoms. The Bertz CT molecular complexity index is 791. The van der Waals surface area contributed by atoms with Crippen molar-refractivity contribution in [1.29, 1.82) is 0 Å². The SMILES string of the molecule is O=C(c1cncnc1C1CCCO1)N(NC1CC1)C1C2CC3CC1CC(O)(C3)C2. The van der Waals surface area contributed by atoms with Gasteiger partial charge in [-0.25, -0.2) is 15.4 Å². The number of hydrogen-bond donors (Lipinski definition) is 2. The Hall–Kier alpha value is -1.57. The molecule has 5 aliphatic carbocycles. The Morgan fingerprint density at radius 2 is 2.00 bits per heavy atom. The first-order valence-electron chi connectivity index (χ1n) is 11.3. The summed E-state index contributed by atoms with van der Waals surface area (Å²) >= 11 is 0. The number of carbonyl (C=O) groups excluding carboxylic acids is 1. The number of carbonyl (C=O) groups is 1. The molecule has 1 aliphatic heterocycles. The van der Waals surface area contributed by atoms with Gasteiger partial charge in [0, 0.05) is 18.8 Å². The fraction of sp³-hybridized carbons (Fsp3) is 0.773. The number of hydrogen-bond acceptors (Lipinski definition) is 6. The molecule has 3 unspecified atom stereocenters. The van der Waals surface area contributed by atoms with Gasteiger partial charge in [-0.1, -0.05) is 0 Å². The molecule has 7 rings (SSSR count). The molecule has 5 saturated carbocycles. The molecule has 3 atom stereocenters. The molecule has 156 valence electrons. The summed E-state index contributed by atoms with van der Waals surface area (Å²) < 4.78 is 5.84. The average Bonchev–Trinajstić information content (AvgIpc) is 3.34. The first kappa shape index (κ1) is 18.2. The third-order valence-corrected chi connectivity index (χ3v) is 7.82. The zero-order chi connectivity index (χ0) is 19.6. The number of hydrazine groups is 1. The number of amides is 1. The molecule has 1 aromatic rings. The van der Waals surface area contributed by atoms with E-state index in [2.05, 4.69) is 15.4 Å². The molecular formula is C22H30N4O3. The van der Waals surface area contributed by atoms with Crippen molar-refractivity contribution in [2.75, 3.05) is 6.61 Å². The molecule has 6 fully saturated rings. The van der Waals surface area contributed by atoms with Crippen molar-refractivity contribution in [2.45, 2.75) is 81.6 Å². The molecule has 0 radical (unpaired) electrons. The van der Waals surface area contributed by atoms with E-state index < -0.39 is 5.60 Å². The standard InChI is InChI=1S/C22H30N4O3/c27-21(17-11-23-12-24-19(17)18-2-1-5-29-18)26(25-16-3-4-16)20-14-6-13-7-15(20)10-22(28,8-13)9-14/h11-16,18,20,25,28H,1-10H2. The van der Waals surface area contributed by atoms with E-state index in [-0.39, 0.29) is 18.1 Å². The van der Waals surface area contributed by atoms with Crippen molar-refractivity contribution in [2.24, 2.45) is 17.8 Å². The second-order valence-electron chi connectivity index (χ2n) is 10.1. The lowest BCUT2D eigenvalue weighted by atomic mass is 9.52. The van der Waals surface area contributed by atoms with Crippen LogP contribution in [0.3, 0.4) is 0 Å². The first-order chi connectivity index (χ1) is 14.1. The Labute approximate surface area is 171 Å². The summed E-state index contributed by atoms with van der Waals surface area (Å²) in [6, 6.07) is 0.535. The average molecular weight is 399 g/mol. The highest BCUT2D eigenvalue weighted by Crippen LogP contribution is 2.57. The van der Waals surface area contributed by atoms with Gasteiger partial charge in [0.05, 0.1) is 22.9 Å². The van der Waals surface area contributed by atoms with Crippen molar-refractivity contribution >= 4 is 5.91 Å². The van der Waals surface area contributed by atoms with Gasteiger partial charge in [-0.05, 0) is 75.5 Å². The van der Waals surface area contributed by atoms with Gasteiger partial charge in [0.2, 0.25) is 0 Å². The van der Waals surface area contributed by atoms with Crippen LogP contribution in [0.4, 0.5) is 0 Å². The van der Waals surface area contributed by atoms with Gasteiger partial charge in [-0.3, -0.25) is 9.80 Å². The molecule has 0 spiro atoms. The molecule has 1 saturated heterocycles. The van der Waals surface area contributed by atoms with Crippen LogP contribution in [0.5, 0.6) is 0 Å². The predicted octanol–water partition coefficient (Wildman–Crippen LogP) is 2.38. The Morgan fingerprint density at radius 1 is 1.21 bits per heavy atom. The van der Waals surface area contributed by atoms with Crippen LogP contribution in [-0.2, 0) is 4.74 Å².